The van der Waals surface area contributed by atoms with Crippen LogP contribution >= 0.6 is 0 Å². The van der Waals surface area contributed by atoms with Gasteiger partial charge in [-0.3, -0.25) is 0 Å². The molecule has 1 saturated heterocycles. The van der Waals surface area contributed by atoms with Gasteiger partial charge < -0.3 is 10.1 Å². The summed E-state index contributed by atoms with van der Waals surface area (Å²) in [7, 11) is 0. The molecule has 1 heterocycles. The van der Waals surface area contributed by atoms with Crippen LogP contribution in [0.25, 0.3) is 0 Å². The first-order valence-corrected chi connectivity index (χ1v) is 3.60. The Morgan fingerprint density at radius 1 is 1.67 bits per heavy atom. The van der Waals surface area contributed by atoms with Crippen molar-refractivity contribution in [1.82, 2.24) is 5.32 Å². The van der Waals surface area contributed by atoms with Gasteiger partial charge in [-0.2, -0.15) is 0 Å². The SMILES string of the molecule is CC[C@]1(C)COCCN1. The maximum Gasteiger partial charge on any atom is 0.0646 e. The summed E-state index contributed by atoms with van der Waals surface area (Å²) in [5, 5.41) is 3.42. The summed E-state index contributed by atoms with van der Waals surface area (Å²) in [6.07, 6.45) is 1.15. The summed E-state index contributed by atoms with van der Waals surface area (Å²) in [6, 6.07) is 0. The van der Waals surface area contributed by atoms with Gasteiger partial charge in [0.1, 0.15) is 0 Å². The average molecular weight is 129 g/mol. The Morgan fingerprint density at radius 3 is 2.78 bits per heavy atom. The van der Waals surface area contributed by atoms with Crippen LogP contribution in [0.15, 0.2) is 0 Å². The molecule has 9 heavy (non-hydrogen) atoms. The van der Waals surface area contributed by atoms with E-state index in [0.29, 0.717) is 0 Å². The van der Waals surface area contributed by atoms with Crippen molar-refractivity contribution in [3.8, 4) is 0 Å². The van der Waals surface area contributed by atoms with E-state index in [0.717, 1.165) is 26.2 Å². The Balaban J connectivity index is 2.37. The minimum Gasteiger partial charge on any atom is -0.378 e. The molecule has 1 N–H and O–H groups in total. The van der Waals surface area contributed by atoms with Crippen molar-refractivity contribution in [3.63, 3.8) is 0 Å². The maximum atomic E-state index is 5.31. The van der Waals surface area contributed by atoms with Crippen molar-refractivity contribution in [2.24, 2.45) is 0 Å². The smallest absolute Gasteiger partial charge is 0.0646 e. The molecule has 0 spiro atoms. The van der Waals surface area contributed by atoms with Gasteiger partial charge in [-0.1, -0.05) is 6.92 Å². The summed E-state index contributed by atoms with van der Waals surface area (Å²) in [6.45, 7) is 7.12. The lowest BCUT2D eigenvalue weighted by Gasteiger charge is -2.33. The Bertz CT molecular complexity index is 86.9. The maximum absolute atomic E-state index is 5.31. The fourth-order valence-electron chi connectivity index (χ4n) is 1.00. The molecule has 2 nitrogen and oxygen atoms in total. The summed E-state index contributed by atoms with van der Waals surface area (Å²) in [4.78, 5) is 0. The number of morpholine rings is 1. The quantitative estimate of drug-likeness (QED) is 0.564. The number of ether oxygens (including phenoxy) is 1. The molecule has 0 aromatic carbocycles. The molecule has 0 aromatic heterocycles. The highest BCUT2D eigenvalue weighted by Crippen LogP contribution is 2.11. The highest BCUT2D eigenvalue weighted by molar-refractivity contribution is 4.83. The molecule has 0 aromatic rings. The van der Waals surface area contributed by atoms with Crippen molar-refractivity contribution in [3.05, 3.63) is 0 Å². The lowest BCUT2D eigenvalue weighted by Crippen LogP contribution is -2.51. The molecule has 1 aliphatic heterocycles. The second-order valence-corrected chi connectivity index (χ2v) is 2.89. The first kappa shape index (κ1) is 7.03. The monoisotopic (exact) mass is 129 g/mol. The zero-order valence-corrected chi connectivity index (χ0v) is 6.24. The number of rotatable bonds is 1. The van der Waals surface area contributed by atoms with E-state index in [4.69, 9.17) is 4.74 Å². The molecule has 0 amide bonds. The van der Waals surface area contributed by atoms with E-state index in [1.54, 1.807) is 0 Å². The van der Waals surface area contributed by atoms with Crippen molar-refractivity contribution < 1.29 is 4.74 Å². The van der Waals surface area contributed by atoms with Crippen LogP contribution in [0.5, 0.6) is 0 Å². The molecule has 1 aliphatic rings. The zero-order valence-electron chi connectivity index (χ0n) is 6.24. The van der Waals surface area contributed by atoms with Crippen LogP contribution in [-0.2, 0) is 4.74 Å². The molecule has 1 fully saturated rings. The minimum atomic E-state index is 0.248. The Kier molecular flexibility index (Phi) is 2.09. The van der Waals surface area contributed by atoms with E-state index in [9.17, 15) is 0 Å². The molecular formula is C7H15NO. The van der Waals surface area contributed by atoms with Crippen LogP contribution in [0.1, 0.15) is 20.3 Å². The normalized spacial score (nSPS) is 36.7. The van der Waals surface area contributed by atoms with E-state index in [1.807, 2.05) is 0 Å². The molecule has 0 saturated carbocycles. The van der Waals surface area contributed by atoms with Gasteiger partial charge in [0.25, 0.3) is 0 Å². The summed E-state index contributed by atoms with van der Waals surface area (Å²) in [5.41, 5.74) is 0.248. The Labute approximate surface area is 56.6 Å². The zero-order chi connectivity index (χ0) is 6.74. The van der Waals surface area contributed by atoms with E-state index in [2.05, 4.69) is 19.2 Å². The van der Waals surface area contributed by atoms with Crippen LogP contribution in [0, 0.1) is 0 Å². The summed E-state index contributed by atoms with van der Waals surface area (Å²) >= 11 is 0. The Morgan fingerprint density at radius 2 is 2.44 bits per heavy atom. The van der Waals surface area contributed by atoms with E-state index in [1.165, 1.54) is 0 Å². The predicted octanol–water partition coefficient (Wildman–Crippen LogP) is 0.775. The third-order valence-electron chi connectivity index (χ3n) is 2.00. The van der Waals surface area contributed by atoms with Gasteiger partial charge in [-0.25, -0.2) is 0 Å². The van der Waals surface area contributed by atoms with Crippen molar-refractivity contribution in [2.75, 3.05) is 19.8 Å². The lowest BCUT2D eigenvalue weighted by molar-refractivity contribution is 0.0338. The molecule has 0 aliphatic carbocycles. The van der Waals surface area contributed by atoms with Crippen LogP contribution in [0.4, 0.5) is 0 Å². The van der Waals surface area contributed by atoms with Crippen LogP contribution in [0.2, 0.25) is 0 Å². The standard InChI is InChI=1S/C7H15NO/c1-3-7(2)6-9-5-4-8-7/h8H,3-6H2,1-2H3/t7-/m1/s1. The highest BCUT2D eigenvalue weighted by atomic mass is 16.5. The number of nitrogens with one attached hydrogen (secondary N) is 1. The fourth-order valence-corrected chi connectivity index (χ4v) is 1.00. The molecule has 1 atom stereocenters. The molecular weight excluding hydrogens is 114 g/mol. The van der Waals surface area contributed by atoms with Gasteiger partial charge in [0.15, 0.2) is 0 Å². The Hall–Kier alpha value is -0.0800. The first-order valence-electron chi connectivity index (χ1n) is 3.60. The van der Waals surface area contributed by atoms with Crippen LogP contribution < -0.4 is 5.32 Å². The molecule has 1 rings (SSSR count). The van der Waals surface area contributed by atoms with Crippen molar-refractivity contribution >= 4 is 0 Å². The lowest BCUT2D eigenvalue weighted by atomic mass is 9.99. The minimum absolute atomic E-state index is 0.248. The first-order chi connectivity index (χ1) is 4.27. The fraction of sp³-hybridized carbons (Fsp3) is 1.00. The molecule has 2 heteroatoms. The van der Waals surface area contributed by atoms with Gasteiger partial charge in [-0.05, 0) is 13.3 Å². The third-order valence-corrected chi connectivity index (χ3v) is 2.00. The van der Waals surface area contributed by atoms with Gasteiger partial charge in [0, 0.05) is 12.1 Å². The second kappa shape index (κ2) is 2.67. The molecule has 54 valence electrons. The summed E-state index contributed by atoms with van der Waals surface area (Å²) < 4.78 is 5.31. The van der Waals surface area contributed by atoms with Gasteiger partial charge in [0.05, 0.1) is 13.2 Å². The predicted molar refractivity (Wildman–Crippen MR) is 37.5 cm³/mol. The third kappa shape index (κ3) is 1.66. The van der Waals surface area contributed by atoms with Gasteiger partial charge in [-0.15, -0.1) is 0 Å². The van der Waals surface area contributed by atoms with Gasteiger partial charge >= 0.3 is 0 Å². The van der Waals surface area contributed by atoms with Crippen molar-refractivity contribution in [2.45, 2.75) is 25.8 Å². The van der Waals surface area contributed by atoms with Crippen LogP contribution in [0.3, 0.4) is 0 Å². The largest absolute Gasteiger partial charge is 0.378 e. The molecule has 0 unspecified atom stereocenters. The van der Waals surface area contributed by atoms with Gasteiger partial charge in [0.2, 0.25) is 0 Å². The number of hydrogen-bond donors (Lipinski definition) is 1. The van der Waals surface area contributed by atoms with E-state index < -0.39 is 0 Å². The second-order valence-electron chi connectivity index (χ2n) is 2.89. The topological polar surface area (TPSA) is 21.3 Å². The van der Waals surface area contributed by atoms with E-state index in [-0.39, 0.29) is 5.54 Å². The summed E-state index contributed by atoms with van der Waals surface area (Å²) in [5.74, 6) is 0. The molecule has 0 radical (unpaired) electrons. The van der Waals surface area contributed by atoms with Crippen LogP contribution in [-0.4, -0.2) is 25.3 Å². The average Bonchev–Trinajstić information content (AvgIpc) is 1.90. The van der Waals surface area contributed by atoms with E-state index >= 15 is 0 Å². The number of hydrogen-bond acceptors (Lipinski definition) is 2. The molecule has 0 bridgehead atoms. The van der Waals surface area contributed by atoms with Crippen molar-refractivity contribution in [1.29, 1.82) is 0 Å². The highest BCUT2D eigenvalue weighted by Gasteiger charge is 2.23.